The van der Waals surface area contributed by atoms with Crippen LogP contribution in [-0.4, -0.2) is 66.8 Å². The normalized spacial score (nSPS) is 16.9. The SMILES string of the molecule is Cc1ccc(C(OC(=O)CC(CC(C)C)NC(=O)[C@@H]2C[C@@H](NC(=O)OCC3c4ccccc4-c4ccccc43)CN2C(=O)OCC2c3ccccc3-c3ccccc32)(c2ccccc2)c2ccccc2Cl)cc1. The predicted octanol–water partition coefficient (Wildman–Crippen LogP) is 12.3. The number of hydrogen-bond acceptors (Lipinski definition) is 7. The smallest absolute Gasteiger partial charge is 0.410 e. The van der Waals surface area contributed by atoms with Crippen LogP contribution >= 0.6 is 11.6 Å². The van der Waals surface area contributed by atoms with Gasteiger partial charge in [-0.15, -0.1) is 0 Å². The van der Waals surface area contributed by atoms with Gasteiger partial charge in [-0.3, -0.25) is 14.5 Å². The summed E-state index contributed by atoms with van der Waals surface area (Å²) < 4.78 is 18.8. The summed E-state index contributed by atoms with van der Waals surface area (Å²) in [6, 6.07) is 54.7. The monoisotopic (exact) mass is 991 g/mol. The summed E-state index contributed by atoms with van der Waals surface area (Å²) in [6.07, 6.45) is -1.03. The number of halogens is 1. The first kappa shape index (κ1) is 48.9. The van der Waals surface area contributed by atoms with Crippen LogP contribution in [0.5, 0.6) is 0 Å². The van der Waals surface area contributed by atoms with Gasteiger partial charge >= 0.3 is 18.2 Å². The standard InChI is InChI=1S/C62H58ClN3O7/c1-39(2)33-43(35-58(67)73-62(41-17-5-4-6-18-41,42-31-29-40(3)30-32-42)55-27-15-16-28-56(55)63)64-59(68)57-34-44(65-60(69)71-37-53-49-23-11-7-19-45(49)46-20-8-12-24-50(46)53)36-66(57)61(70)72-38-54-51-25-13-9-21-47(51)48-22-10-14-26-52(48)54/h4-32,39,43-44,53-54,57H,33-38H2,1-3H3,(H,64,68)(H,65,69)/t43?,44-,57+,62?/m1/s1. The third-order valence-electron chi connectivity index (χ3n) is 14.5. The Morgan fingerprint density at radius 2 is 1.12 bits per heavy atom. The maximum absolute atomic E-state index is 14.8. The fourth-order valence-corrected chi connectivity index (χ4v) is 11.5. The summed E-state index contributed by atoms with van der Waals surface area (Å²) in [6.45, 7) is 6.16. The number of likely N-dealkylation sites (tertiary alicyclic amines) is 1. The fraction of sp³-hybridized carbons (Fsp3) is 0.258. The zero-order valence-electron chi connectivity index (χ0n) is 41.1. The summed E-state index contributed by atoms with van der Waals surface area (Å²) in [7, 11) is 0. The highest BCUT2D eigenvalue weighted by atomic mass is 35.5. The van der Waals surface area contributed by atoms with E-state index in [1.165, 1.54) is 4.90 Å². The summed E-state index contributed by atoms with van der Waals surface area (Å²) in [5.74, 6) is -1.35. The topological polar surface area (TPSA) is 123 Å². The highest BCUT2D eigenvalue weighted by molar-refractivity contribution is 6.31. The van der Waals surface area contributed by atoms with Crippen molar-refractivity contribution in [1.29, 1.82) is 0 Å². The van der Waals surface area contributed by atoms with E-state index in [1.807, 2.05) is 154 Å². The van der Waals surface area contributed by atoms with E-state index in [-0.39, 0.29) is 50.4 Å². The van der Waals surface area contributed by atoms with E-state index in [4.69, 9.17) is 25.8 Å². The number of esters is 1. The number of amides is 3. The Balaban J connectivity index is 0.892. The average Bonchev–Trinajstić information content (AvgIpc) is 4.07. The molecule has 73 heavy (non-hydrogen) atoms. The third-order valence-corrected chi connectivity index (χ3v) is 14.8. The molecule has 10 rings (SSSR count). The fourth-order valence-electron chi connectivity index (χ4n) is 11.2. The molecule has 4 atom stereocenters. The van der Waals surface area contributed by atoms with Crippen molar-refractivity contribution in [1.82, 2.24) is 15.5 Å². The molecular formula is C62H58ClN3O7. The third kappa shape index (κ3) is 9.96. The second kappa shape index (κ2) is 21.2. The van der Waals surface area contributed by atoms with E-state index in [2.05, 4.69) is 47.0 Å². The van der Waals surface area contributed by atoms with Crippen molar-refractivity contribution in [3.63, 3.8) is 0 Å². The first-order chi connectivity index (χ1) is 35.5. The van der Waals surface area contributed by atoms with Crippen molar-refractivity contribution >= 4 is 35.7 Å². The molecule has 1 fully saturated rings. The minimum Gasteiger partial charge on any atom is -0.449 e. The average molecular weight is 993 g/mol. The zero-order valence-corrected chi connectivity index (χ0v) is 41.9. The number of carbonyl (C=O) groups excluding carboxylic acids is 4. The van der Waals surface area contributed by atoms with Gasteiger partial charge in [0.05, 0.1) is 12.5 Å². The van der Waals surface area contributed by atoms with Crippen LogP contribution in [0.1, 0.15) is 89.5 Å². The van der Waals surface area contributed by atoms with Crippen LogP contribution < -0.4 is 10.6 Å². The number of carbonyl (C=O) groups is 4. The van der Waals surface area contributed by atoms with Crippen LogP contribution in [-0.2, 0) is 29.4 Å². The Labute approximate surface area is 431 Å². The number of hydrogen-bond donors (Lipinski definition) is 2. The van der Waals surface area contributed by atoms with Gasteiger partial charge in [0.15, 0.2) is 5.60 Å². The van der Waals surface area contributed by atoms with Gasteiger partial charge in [-0.2, -0.15) is 0 Å². The van der Waals surface area contributed by atoms with Crippen molar-refractivity contribution in [3.05, 3.63) is 225 Å². The number of fused-ring (bicyclic) bond motifs is 6. The molecule has 10 nitrogen and oxygen atoms in total. The van der Waals surface area contributed by atoms with Crippen LogP contribution in [0.15, 0.2) is 176 Å². The van der Waals surface area contributed by atoms with Gasteiger partial charge < -0.3 is 24.8 Å². The second-order valence-electron chi connectivity index (χ2n) is 19.8. The van der Waals surface area contributed by atoms with Gasteiger partial charge in [0.2, 0.25) is 5.91 Å². The van der Waals surface area contributed by atoms with Crippen molar-refractivity contribution in [2.24, 2.45) is 5.92 Å². The van der Waals surface area contributed by atoms with E-state index >= 15 is 0 Å². The summed E-state index contributed by atoms with van der Waals surface area (Å²) in [5, 5.41) is 6.53. The molecule has 0 spiro atoms. The van der Waals surface area contributed by atoms with E-state index in [0.717, 1.165) is 50.1 Å². The number of nitrogens with one attached hydrogen (secondary N) is 2. The van der Waals surface area contributed by atoms with Crippen molar-refractivity contribution in [2.75, 3.05) is 19.8 Å². The second-order valence-corrected chi connectivity index (χ2v) is 20.2. The molecule has 3 aliphatic rings. The Hall–Kier alpha value is -7.69. The van der Waals surface area contributed by atoms with Crippen LogP contribution in [0, 0.1) is 12.8 Å². The van der Waals surface area contributed by atoms with Crippen LogP contribution in [0.4, 0.5) is 9.59 Å². The molecular weight excluding hydrogens is 934 g/mol. The van der Waals surface area contributed by atoms with E-state index in [1.54, 1.807) is 6.07 Å². The Morgan fingerprint density at radius 1 is 0.630 bits per heavy atom. The van der Waals surface area contributed by atoms with E-state index in [0.29, 0.717) is 28.1 Å². The molecule has 2 unspecified atom stereocenters. The Bertz CT molecular complexity index is 3070. The number of nitrogens with zero attached hydrogens (tertiary/aromatic N) is 1. The molecule has 1 saturated heterocycles. The number of alkyl carbamates (subject to hydrolysis) is 1. The maximum atomic E-state index is 14.8. The molecule has 3 amide bonds. The number of aryl methyl sites for hydroxylation is 1. The largest absolute Gasteiger partial charge is 0.449 e. The van der Waals surface area contributed by atoms with Crippen LogP contribution in [0.25, 0.3) is 22.3 Å². The predicted molar refractivity (Wildman–Crippen MR) is 283 cm³/mol. The van der Waals surface area contributed by atoms with Gasteiger partial charge in [0.1, 0.15) is 19.3 Å². The number of ether oxygens (including phenoxy) is 3. The van der Waals surface area contributed by atoms with Crippen LogP contribution in [0.2, 0.25) is 5.02 Å². The summed E-state index contributed by atoms with van der Waals surface area (Å²) in [5.41, 5.74) is 10.3. The Kier molecular flexibility index (Phi) is 14.2. The molecule has 0 bridgehead atoms. The molecule has 0 saturated carbocycles. The highest BCUT2D eigenvalue weighted by Crippen LogP contribution is 2.47. The number of rotatable bonds is 15. The highest BCUT2D eigenvalue weighted by Gasteiger charge is 2.45. The minimum absolute atomic E-state index is 0.0101. The van der Waals surface area contributed by atoms with Gasteiger partial charge in [-0.1, -0.05) is 201 Å². The summed E-state index contributed by atoms with van der Waals surface area (Å²) in [4.78, 5) is 59.1. The van der Waals surface area contributed by atoms with Gasteiger partial charge in [0.25, 0.3) is 0 Å². The van der Waals surface area contributed by atoms with Gasteiger partial charge in [-0.25, -0.2) is 9.59 Å². The first-order valence-electron chi connectivity index (χ1n) is 25.1. The van der Waals surface area contributed by atoms with Gasteiger partial charge in [-0.05, 0) is 76.3 Å². The van der Waals surface area contributed by atoms with Gasteiger partial charge in [0, 0.05) is 46.1 Å². The molecule has 2 N–H and O–H groups in total. The number of benzene rings is 7. The lowest BCUT2D eigenvalue weighted by molar-refractivity contribution is -0.154. The molecule has 0 radical (unpaired) electrons. The van der Waals surface area contributed by atoms with Crippen molar-refractivity contribution < 1.29 is 33.4 Å². The van der Waals surface area contributed by atoms with E-state index in [9.17, 15) is 19.2 Å². The molecule has 7 aromatic carbocycles. The lowest BCUT2D eigenvalue weighted by Crippen LogP contribution is -2.50. The molecule has 370 valence electrons. The first-order valence-corrected chi connectivity index (χ1v) is 25.5. The lowest BCUT2D eigenvalue weighted by atomic mass is 9.79. The molecule has 1 aliphatic heterocycles. The van der Waals surface area contributed by atoms with Crippen LogP contribution in [0.3, 0.4) is 0 Å². The van der Waals surface area contributed by atoms with E-state index < -0.39 is 47.8 Å². The molecule has 0 aromatic heterocycles. The van der Waals surface area contributed by atoms with Crippen molar-refractivity contribution in [3.8, 4) is 22.3 Å². The molecule has 2 aliphatic carbocycles. The molecule has 1 heterocycles. The Morgan fingerprint density at radius 3 is 1.67 bits per heavy atom. The molecule has 7 aromatic rings. The van der Waals surface area contributed by atoms with Crippen molar-refractivity contribution in [2.45, 2.75) is 75.6 Å². The maximum Gasteiger partial charge on any atom is 0.410 e. The lowest BCUT2D eigenvalue weighted by Gasteiger charge is -2.36. The minimum atomic E-state index is -1.44. The zero-order chi connectivity index (χ0) is 50.6. The summed E-state index contributed by atoms with van der Waals surface area (Å²) >= 11 is 6.98. The molecule has 11 heteroatoms. The quantitative estimate of drug-likeness (QED) is 0.0596.